The van der Waals surface area contributed by atoms with Crippen molar-refractivity contribution < 1.29 is 26.5 Å². The average Bonchev–Trinajstić information content (AvgIpc) is 2.60. The molecule has 0 radical (unpaired) electrons. The lowest BCUT2D eigenvalue weighted by Gasteiger charge is -2.17. The third-order valence-electron chi connectivity index (χ3n) is 4.25. The van der Waals surface area contributed by atoms with Gasteiger partial charge in [-0.1, -0.05) is 12.1 Å². The molecule has 0 heterocycles. The second-order valence-corrected chi connectivity index (χ2v) is 9.55. The first-order chi connectivity index (χ1) is 13.5. The van der Waals surface area contributed by atoms with Crippen LogP contribution < -0.4 is 10.5 Å². The van der Waals surface area contributed by atoms with Crippen LogP contribution in [0.3, 0.4) is 0 Å². The molecule has 0 aliphatic rings. The molecular weight excluding hydrogens is 416 g/mol. The van der Waals surface area contributed by atoms with Crippen LogP contribution in [0.2, 0.25) is 0 Å². The average molecular weight is 434 g/mol. The SMILES string of the molecule is C=CC(c1cc(O)c2ccc(N)cc2c1)S(=O)(=O)Nc1cccc(S(=O)(=O)O)c1. The zero-order chi connectivity index (χ0) is 21.4. The highest BCUT2D eigenvalue weighted by atomic mass is 32.2. The number of phenolic OH excluding ortho intramolecular Hbond substituents is 1. The third kappa shape index (κ3) is 4.34. The van der Waals surface area contributed by atoms with Gasteiger partial charge in [-0.25, -0.2) is 8.42 Å². The van der Waals surface area contributed by atoms with Crippen LogP contribution in [-0.2, 0) is 20.1 Å². The van der Waals surface area contributed by atoms with Crippen molar-refractivity contribution in [2.75, 3.05) is 10.5 Å². The molecule has 1 unspecified atom stereocenters. The van der Waals surface area contributed by atoms with Crippen molar-refractivity contribution in [2.24, 2.45) is 0 Å². The normalized spacial score (nSPS) is 13.1. The highest BCUT2D eigenvalue weighted by Gasteiger charge is 2.26. The van der Waals surface area contributed by atoms with Crippen LogP contribution >= 0.6 is 0 Å². The number of sulfonamides is 1. The van der Waals surface area contributed by atoms with Gasteiger partial charge in [0.25, 0.3) is 10.1 Å². The summed E-state index contributed by atoms with van der Waals surface area (Å²) in [6, 6.07) is 12.5. The number of rotatable bonds is 6. The predicted molar refractivity (Wildman–Crippen MR) is 112 cm³/mol. The van der Waals surface area contributed by atoms with Crippen LogP contribution in [0.1, 0.15) is 10.8 Å². The molecule has 3 aromatic rings. The summed E-state index contributed by atoms with van der Waals surface area (Å²) in [5.74, 6) is -0.118. The molecule has 8 nitrogen and oxygen atoms in total. The van der Waals surface area contributed by atoms with E-state index in [2.05, 4.69) is 11.3 Å². The van der Waals surface area contributed by atoms with Crippen LogP contribution in [0.5, 0.6) is 5.75 Å². The fraction of sp³-hybridized carbons (Fsp3) is 0.0526. The molecule has 0 aliphatic heterocycles. The van der Waals surface area contributed by atoms with E-state index in [-0.39, 0.29) is 17.0 Å². The number of phenols is 1. The Bertz CT molecular complexity index is 1320. The minimum Gasteiger partial charge on any atom is -0.507 e. The monoisotopic (exact) mass is 434 g/mol. The smallest absolute Gasteiger partial charge is 0.294 e. The quantitative estimate of drug-likeness (QED) is 0.265. The summed E-state index contributed by atoms with van der Waals surface area (Å²) < 4.78 is 59.8. The van der Waals surface area contributed by atoms with Crippen LogP contribution in [-0.4, -0.2) is 26.5 Å². The fourth-order valence-corrected chi connectivity index (χ4v) is 4.80. The molecule has 1 atom stereocenters. The van der Waals surface area contributed by atoms with Crippen LogP contribution in [0.4, 0.5) is 11.4 Å². The highest BCUT2D eigenvalue weighted by molar-refractivity contribution is 7.93. The van der Waals surface area contributed by atoms with Gasteiger partial charge >= 0.3 is 0 Å². The van der Waals surface area contributed by atoms with E-state index in [1.54, 1.807) is 24.3 Å². The van der Waals surface area contributed by atoms with Gasteiger partial charge in [0.1, 0.15) is 11.0 Å². The van der Waals surface area contributed by atoms with E-state index in [9.17, 15) is 21.9 Å². The summed E-state index contributed by atoms with van der Waals surface area (Å²) in [4.78, 5) is -0.452. The first-order valence-electron chi connectivity index (χ1n) is 8.25. The van der Waals surface area contributed by atoms with E-state index in [4.69, 9.17) is 10.3 Å². The topological polar surface area (TPSA) is 147 Å². The second-order valence-electron chi connectivity index (χ2n) is 6.33. The second kappa shape index (κ2) is 7.39. The van der Waals surface area contributed by atoms with Crippen molar-refractivity contribution in [3.8, 4) is 5.75 Å². The lowest BCUT2D eigenvalue weighted by molar-refractivity contribution is 0.480. The maximum Gasteiger partial charge on any atom is 0.294 e. The van der Waals surface area contributed by atoms with Crippen molar-refractivity contribution in [1.29, 1.82) is 0 Å². The van der Waals surface area contributed by atoms with E-state index < -0.39 is 30.3 Å². The number of anilines is 2. The van der Waals surface area contributed by atoms with Crippen LogP contribution in [0.15, 0.2) is 72.1 Å². The largest absolute Gasteiger partial charge is 0.507 e. The van der Waals surface area contributed by atoms with Crippen LogP contribution in [0.25, 0.3) is 10.8 Å². The van der Waals surface area contributed by atoms with E-state index in [1.807, 2.05) is 0 Å². The number of hydrogen-bond acceptors (Lipinski definition) is 6. The van der Waals surface area contributed by atoms with Gasteiger partial charge in [0, 0.05) is 16.8 Å². The molecular formula is C19H18N2O6S2. The Kier molecular flexibility index (Phi) is 5.26. The number of nitrogen functional groups attached to an aromatic ring is 1. The maximum absolute atomic E-state index is 12.9. The van der Waals surface area contributed by atoms with Crippen molar-refractivity contribution in [3.05, 3.63) is 72.8 Å². The minimum absolute atomic E-state index is 0.0544. The molecule has 0 aromatic heterocycles. The Morgan fingerprint density at radius 2 is 1.76 bits per heavy atom. The number of hydrogen-bond donors (Lipinski definition) is 4. The Labute approximate surface area is 168 Å². The van der Waals surface area contributed by atoms with Gasteiger partial charge in [0.15, 0.2) is 0 Å². The third-order valence-corrected chi connectivity index (χ3v) is 6.75. The predicted octanol–water partition coefficient (Wildman–Crippen LogP) is 3.04. The summed E-state index contributed by atoms with van der Waals surface area (Å²) in [6.45, 7) is 3.57. The minimum atomic E-state index is -4.49. The van der Waals surface area contributed by atoms with Gasteiger partial charge in [0.2, 0.25) is 10.0 Å². The molecule has 29 heavy (non-hydrogen) atoms. The van der Waals surface area contributed by atoms with Crippen molar-refractivity contribution >= 4 is 42.3 Å². The number of benzene rings is 3. The van der Waals surface area contributed by atoms with Crippen molar-refractivity contribution in [2.45, 2.75) is 10.1 Å². The summed E-state index contributed by atoms with van der Waals surface area (Å²) in [6.07, 6.45) is 1.18. The molecule has 152 valence electrons. The Balaban J connectivity index is 2.03. The Morgan fingerprint density at radius 1 is 1.03 bits per heavy atom. The highest BCUT2D eigenvalue weighted by Crippen LogP contribution is 2.34. The molecule has 0 saturated carbocycles. The molecule has 10 heteroatoms. The maximum atomic E-state index is 12.9. The molecule has 3 rings (SSSR count). The van der Waals surface area contributed by atoms with Gasteiger partial charge < -0.3 is 10.8 Å². The zero-order valence-corrected chi connectivity index (χ0v) is 16.6. The van der Waals surface area contributed by atoms with Gasteiger partial charge in [-0.2, -0.15) is 8.42 Å². The number of nitrogens with one attached hydrogen (secondary N) is 1. The van der Waals surface area contributed by atoms with Crippen molar-refractivity contribution in [3.63, 3.8) is 0 Å². The Hall–Kier alpha value is -3.08. The molecule has 0 fully saturated rings. The molecule has 0 amide bonds. The summed E-state index contributed by atoms with van der Waals surface area (Å²) in [5.41, 5.74) is 6.41. The van der Waals surface area contributed by atoms with Gasteiger partial charge in [0.05, 0.1) is 4.90 Å². The molecule has 0 saturated heterocycles. The van der Waals surface area contributed by atoms with Crippen LogP contribution in [0, 0.1) is 0 Å². The Morgan fingerprint density at radius 3 is 2.41 bits per heavy atom. The standard InChI is InChI=1S/C19H18N2O6S2/c1-2-19(13-8-12-9-14(20)6-7-17(12)18(22)10-13)28(23,24)21-15-4-3-5-16(11-15)29(25,26)27/h2-11,19,21-22H,1,20H2,(H,25,26,27). The molecule has 0 bridgehead atoms. The number of fused-ring (bicyclic) bond motifs is 1. The van der Waals surface area contributed by atoms with Gasteiger partial charge in [-0.15, -0.1) is 6.58 Å². The summed E-state index contributed by atoms with van der Waals surface area (Å²) in [7, 11) is -8.62. The van der Waals surface area contributed by atoms with Gasteiger partial charge in [-0.3, -0.25) is 9.27 Å². The first-order valence-corrected chi connectivity index (χ1v) is 11.2. The summed E-state index contributed by atoms with van der Waals surface area (Å²) in [5, 5.41) is 10.1. The van der Waals surface area contributed by atoms with E-state index in [0.29, 0.717) is 16.5 Å². The zero-order valence-electron chi connectivity index (χ0n) is 15.0. The fourth-order valence-electron chi connectivity index (χ4n) is 2.94. The van der Waals surface area contributed by atoms with Gasteiger partial charge in [-0.05, 0) is 59.5 Å². The summed E-state index contributed by atoms with van der Waals surface area (Å²) >= 11 is 0. The van der Waals surface area contributed by atoms with E-state index in [1.165, 1.54) is 24.3 Å². The number of nitrogens with two attached hydrogens (primary N) is 1. The van der Waals surface area contributed by atoms with E-state index in [0.717, 1.165) is 12.1 Å². The molecule has 5 N–H and O–H groups in total. The molecule has 3 aromatic carbocycles. The lowest BCUT2D eigenvalue weighted by Crippen LogP contribution is -2.20. The molecule has 0 aliphatic carbocycles. The number of aromatic hydroxyl groups is 1. The first kappa shape index (κ1) is 20.6. The molecule has 0 spiro atoms. The lowest BCUT2D eigenvalue weighted by atomic mass is 10.0. The van der Waals surface area contributed by atoms with Crippen molar-refractivity contribution in [1.82, 2.24) is 0 Å². The van der Waals surface area contributed by atoms with E-state index >= 15 is 0 Å².